The van der Waals surface area contributed by atoms with Crippen LogP contribution in [-0.4, -0.2) is 36.5 Å². The molecule has 0 saturated carbocycles. The van der Waals surface area contributed by atoms with Crippen LogP contribution < -0.4 is 11.1 Å². The second-order valence-corrected chi connectivity index (χ2v) is 5.45. The number of rotatable bonds is 6. The van der Waals surface area contributed by atoms with Gasteiger partial charge in [-0.2, -0.15) is 0 Å². The molecule has 0 aliphatic carbocycles. The number of likely N-dealkylation sites (tertiary alicyclic amines) is 1. The molecule has 118 valence electrons. The lowest BCUT2D eigenvalue weighted by Crippen LogP contribution is -2.46. The SMILES string of the molecule is Cl.NCCC(=O)NCC1CCCCN1Cc1ccccc1. The Morgan fingerprint density at radius 2 is 2.05 bits per heavy atom. The number of benzene rings is 1. The fraction of sp³-hybridized carbons (Fsp3) is 0.562. The number of carbonyl (C=O) groups excluding carboxylic acids is 1. The number of nitrogens with two attached hydrogens (primary N) is 1. The molecule has 0 radical (unpaired) electrons. The van der Waals surface area contributed by atoms with Gasteiger partial charge in [0.15, 0.2) is 0 Å². The monoisotopic (exact) mass is 311 g/mol. The topological polar surface area (TPSA) is 58.4 Å². The van der Waals surface area contributed by atoms with E-state index >= 15 is 0 Å². The minimum atomic E-state index is 0. The van der Waals surface area contributed by atoms with E-state index in [4.69, 9.17) is 5.73 Å². The van der Waals surface area contributed by atoms with E-state index in [1.807, 2.05) is 6.07 Å². The predicted octanol–water partition coefficient (Wildman–Crippen LogP) is 1.93. The number of nitrogens with one attached hydrogen (secondary N) is 1. The van der Waals surface area contributed by atoms with Crippen molar-refractivity contribution in [2.45, 2.75) is 38.3 Å². The van der Waals surface area contributed by atoms with Crippen molar-refractivity contribution in [3.63, 3.8) is 0 Å². The summed E-state index contributed by atoms with van der Waals surface area (Å²) in [5, 5.41) is 3.01. The summed E-state index contributed by atoms with van der Waals surface area (Å²) in [6.45, 7) is 3.25. The van der Waals surface area contributed by atoms with Crippen molar-refractivity contribution >= 4 is 18.3 Å². The molecule has 1 atom stereocenters. The van der Waals surface area contributed by atoms with E-state index in [-0.39, 0.29) is 18.3 Å². The first kappa shape index (κ1) is 18.0. The molecule has 21 heavy (non-hydrogen) atoms. The summed E-state index contributed by atoms with van der Waals surface area (Å²) in [4.78, 5) is 14.0. The highest BCUT2D eigenvalue weighted by atomic mass is 35.5. The summed E-state index contributed by atoms with van der Waals surface area (Å²) >= 11 is 0. The maximum absolute atomic E-state index is 11.5. The largest absolute Gasteiger partial charge is 0.354 e. The lowest BCUT2D eigenvalue weighted by atomic mass is 10.0. The summed E-state index contributed by atoms with van der Waals surface area (Å²) in [7, 11) is 0. The Bertz CT molecular complexity index is 413. The molecule has 5 heteroatoms. The van der Waals surface area contributed by atoms with Crippen molar-refractivity contribution < 1.29 is 4.79 Å². The molecule has 1 aromatic carbocycles. The van der Waals surface area contributed by atoms with Crippen molar-refractivity contribution in [3.8, 4) is 0 Å². The molecule has 3 N–H and O–H groups in total. The van der Waals surface area contributed by atoms with Crippen molar-refractivity contribution in [3.05, 3.63) is 35.9 Å². The molecule has 1 heterocycles. The van der Waals surface area contributed by atoms with Crippen molar-refractivity contribution in [1.29, 1.82) is 0 Å². The third kappa shape index (κ3) is 6.04. The van der Waals surface area contributed by atoms with Gasteiger partial charge in [-0.15, -0.1) is 12.4 Å². The minimum Gasteiger partial charge on any atom is -0.354 e. The lowest BCUT2D eigenvalue weighted by molar-refractivity contribution is -0.121. The Balaban J connectivity index is 0.00000220. The molecular weight excluding hydrogens is 286 g/mol. The van der Waals surface area contributed by atoms with Crippen LogP contribution in [0, 0.1) is 0 Å². The van der Waals surface area contributed by atoms with E-state index in [2.05, 4.69) is 34.5 Å². The number of amides is 1. The Morgan fingerprint density at radius 3 is 2.76 bits per heavy atom. The van der Waals surface area contributed by atoms with Gasteiger partial charge in [0.1, 0.15) is 0 Å². The highest BCUT2D eigenvalue weighted by Gasteiger charge is 2.22. The average molecular weight is 312 g/mol. The van der Waals surface area contributed by atoms with Gasteiger partial charge in [0.05, 0.1) is 0 Å². The van der Waals surface area contributed by atoms with Crippen LogP contribution in [0.1, 0.15) is 31.2 Å². The van der Waals surface area contributed by atoms with Crippen LogP contribution in [0.5, 0.6) is 0 Å². The number of carbonyl (C=O) groups is 1. The molecule has 1 unspecified atom stereocenters. The normalized spacial score (nSPS) is 18.8. The first-order valence-corrected chi connectivity index (χ1v) is 7.54. The van der Waals surface area contributed by atoms with Crippen LogP contribution in [0.3, 0.4) is 0 Å². The number of piperidine rings is 1. The van der Waals surface area contributed by atoms with Gasteiger partial charge < -0.3 is 11.1 Å². The van der Waals surface area contributed by atoms with E-state index < -0.39 is 0 Å². The van der Waals surface area contributed by atoms with Gasteiger partial charge in [-0.1, -0.05) is 36.8 Å². The smallest absolute Gasteiger partial charge is 0.221 e. The molecule has 1 aliphatic rings. The fourth-order valence-electron chi connectivity index (χ4n) is 2.77. The maximum atomic E-state index is 11.5. The molecule has 0 spiro atoms. The summed E-state index contributed by atoms with van der Waals surface area (Å²) in [6, 6.07) is 11.0. The van der Waals surface area contributed by atoms with Crippen LogP contribution in [0.2, 0.25) is 0 Å². The zero-order valence-electron chi connectivity index (χ0n) is 12.5. The first-order valence-electron chi connectivity index (χ1n) is 7.54. The number of hydrogen-bond acceptors (Lipinski definition) is 3. The van der Waals surface area contributed by atoms with Gasteiger partial charge in [0.25, 0.3) is 0 Å². The highest BCUT2D eigenvalue weighted by molar-refractivity contribution is 5.85. The molecule has 0 bridgehead atoms. The number of hydrogen-bond donors (Lipinski definition) is 2. The van der Waals surface area contributed by atoms with Crippen molar-refractivity contribution in [2.24, 2.45) is 5.73 Å². The number of nitrogens with zero attached hydrogens (tertiary/aromatic N) is 1. The van der Waals surface area contributed by atoms with Gasteiger partial charge >= 0.3 is 0 Å². The Morgan fingerprint density at radius 1 is 1.29 bits per heavy atom. The summed E-state index contributed by atoms with van der Waals surface area (Å²) < 4.78 is 0. The Labute approximate surface area is 133 Å². The summed E-state index contributed by atoms with van der Waals surface area (Å²) in [5.74, 6) is 0.0673. The van der Waals surface area contributed by atoms with Crippen LogP contribution in [0.25, 0.3) is 0 Å². The van der Waals surface area contributed by atoms with Gasteiger partial charge in [0, 0.05) is 32.1 Å². The molecule has 4 nitrogen and oxygen atoms in total. The fourth-order valence-corrected chi connectivity index (χ4v) is 2.77. The third-order valence-corrected chi connectivity index (χ3v) is 3.88. The number of halogens is 1. The summed E-state index contributed by atoms with van der Waals surface area (Å²) in [6.07, 6.45) is 4.09. The highest BCUT2D eigenvalue weighted by Crippen LogP contribution is 2.19. The predicted molar refractivity (Wildman–Crippen MR) is 88.4 cm³/mol. The second-order valence-electron chi connectivity index (χ2n) is 5.45. The van der Waals surface area contributed by atoms with Crippen LogP contribution in [-0.2, 0) is 11.3 Å². The molecule has 0 aromatic heterocycles. The lowest BCUT2D eigenvalue weighted by Gasteiger charge is -2.35. The summed E-state index contributed by atoms with van der Waals surface area (Å²) in [5.41, 5.74) is 6.74. The van der Waals surface area contributed by atoms with Gasteiger partial charge in [-0.05, 0) is 24.9 Å². The Hall–Kier alpha value is -1.10. The first-order chi connectivity index (χ1) is 9.79. The molecule has 1 saturated heterocycles. The Kier molecular flexibility index (Phi) is 8.35. The maximum Gasteiger partial charge on any atom is 0.221 e. The van der Waals surface area contributed by atoms with Crippen LogP contribution in [0.4, 0.5) is 0 Å². The van der Waals surface area contributed by atoms with E-state index in [0.717, 1.165) is 26.1 Å². The van der Waals surface area contributed by atoms with Crippen LogP contribution >= 0.6 is 12.4 Å². The van der Waals surface area contributed by atoms with Gasteiger partial charge in [0.2, 0.25) is 5.91 Å². The molecule has 1 aliphatic heterocycles. The zero-order valence-corrected chi connectivity index (χ0v) is 13.3. The van der Waals surface area contributed by atoms with E-state index in [9.17, 15) is 4.79 Å². The third-order valence-electron chi connectivity index (χ3n) is 3.88. The quantitative estimate of drug-likeness (QED) is 0.844. The van der Waals surface area contributed by atoms with E-state index in [1.54, 1.807) is 0 Å². The minimum absolute atomic E-state index is 0. The second kappa shape index (κ2) is 9.77. The van der Waals surface area contributed by atoms with E-state index in [1.165, 1.54) is 18.4 Å². The van der Waals surface area contributed by atoms with Crippen molar-refractivity contribution in [1.82, 2.24) is 10.2 Å². The zero-order chi connectivity index (χ0) is 14.2. The standard InChI is InChI=1S/C16H25N3O.ClH/c17-10-9-16(20)18-12-15-8-4-5-11-19(15)13-14-6-2-1-3-7-14;/h1-3,6-7,15H,4-5,8-13,17H2,(H,18,20);1H. The van der Waals surface area contributed by atoms with E-state index in [0.29, 0.717) is 19.0 Å². The van der Waals surface area contributed by atoms with Gasteiger partial charge in [-0.25, -0.2) is 0 Å². The molecule has 1 aromatic rings. The molecule has 2 rings (SSSR count). The van der Waals surface area contributed by atoms with Crippen molar-refractivity contribution in [2.75, 3.05) is 19.6 Å². The molecule has 1 fully saturated rings. The molecule has 1 amide bonds. The van der Waals surface area contributed by atoms with Crippen LogP contribution in [0.15, 0.2) is 30.3 Å². The average Bonchev–Trinajstić information content (AvgIpc) is 2.48. The molecular formula is C16H26ClN3O. The van der Waals surface area contributed by atoms with Gasteiger partial charge in [-0.3, -0.25) is 9.69 Å².